The number of nitrogens with two attached hydrogens (primary N) is 1. The van der Waals surface area contributed by atoms with Gasteiger partial charge in [-0.1, -0.05) is 6.58 Å². The molecule has 3 heteroatoms. The molecule has 36 valence electrons. The molecule has 0 amide bonds. The van der Waals surface area contributed by atoms with Gasteiger partial charge in [-0.2, -0.15) is 0 Å². The highest BCUT2D eigenvalue weighted by Gasteiger charge is 1.86. The Morgan fingerprint density at radius 2 is 2.50 bits per heavy atom. The van der Waals surface area contributed by atoms with E-state index in [9.17, 15) is 0 Å². The molecule has 0 fully saturated rings. The predicted molar refractivity (Wildman–Crippen MR) is 21.9 cm³/mol. The van der Waals surface area contributed by atoms with Crippen molar-refractivity contribution in [2.75, 3.05) is 0 Å². The van der Waals surface area contributed by atoms with Crippen molar-refractivity contribution in [2.45, 2.75) is 6.23 Å². The summed E-state index contributed by atoms with van der Waals surface area (Å²) < 4.78 is 0. The molecule has 6 heavy (non-hydrogen) atoms. The maximum absolute atomic E-state index is 7.64. The van der Waals surface area contributed by atoms with Crippen LogP contribution in [-0.4, -0.2) is 11.5 Å². The van der Waals surface area contributed by atoms with E-state index in [-0.39, 0.29) is 0 Å². The molecule has 0 aromatic rings. The van der Waals surface area contributed by atoms with E-state index in [1.54, 1.807) is 0 Å². The Kier molecular flexibility index (Phi) is 2.66. The molecule has 0 radical (unpaired) electrons. The monoisotopic (exact) mass is 89.0 g/mol. The lowest BCUT2D eigenvalue weighted by atomic mass is 10.6. The minimum absolute atomic E-state index is 0.745. The van der Waals surface area contributed by atoms with E-state index in [4.69, 9.17) is 11.0 Å². The van der Waals surface area contributed by atoms with Crippen LogP contribution in [0.25, 0.3) is 0 Å². The van der Waals surface area contributed by atoms with E-state index in [2.05, 4.69) is 11.5 Å². The lowest BCUT2D eigenvalue weighted by Crippen LogP contribution is -2.18. The smallest absolute Gasteiger partial charge is 0.159 e. The Morgan fingerprint density at radius 3 is 2.50 bits per heavy atom. The number of hydrogen-bond donors (Lipinski definition) is 2. The van der Waals surface area contributed by atoms with Crippen molar-refractivity contribution in [2.24, 2.45) is 5.73 Å². The highest BCUT2D eigenvalue weighted by molar-refractivity contribution is 4.71. The third kappa shape index (κ3) is 1.90. The van der Waals surface area contributed by atoms with Gasteiger partial charge in [-0.15, -0.1) is 0 Å². The predicted octanol–water partition coefficient (Wildman–Crippen LogP) is -0.0532. The van der Waals surface area contributed by atoms with Gasteiger partial charge in [0.2, 0.25) is 0 Å². The number of rotatable bonds is 2. The standard InChI is InChI=1S/C3H7NO2/c1-2-3(4)6-5/h2-3,5H,1,4H2. The summed E-state index contributed by atoms with van der Waals surface area (Å²) >= 11 is 0. The molecule has 3 nitrogen and oxygen atoms in total. The minimum Gasteiger partial charge on any atom is -0.300 e. The van der Waals surface area contributed by atoms with Gasteiger partial charge in [-0.3, -0.25) is 0 Å². The van der Waals surface area contributed by atoms with Crippen LogP contribution in [0.15, 0.2) is 12.7 Å². The van der Waals surface area contributed by atoms with Gasteiger partial charge in [-0.25, -0.2) is 10.1 Å². The quantitative estimate of drug-likeness (QED) is 0.216. The molecule has 0 saturated carbocycles. The third-order valence-electron chi connectivity index (χ3n) is 0.354. The molecule has 0 rings (SSSR count). The van der Waals surface area contributed by atoms with Crippen molar-refractivity contribution in [1.29, 1.82) is 0 Å². The molecule has 0 aromatic carbocycles. The van der Waals surface area contributed by atoms with E-state index in [0.29, 0.717) is 0 Å². The van der Waals surface area contributed by atoms with Gasteiger partial charge in [0.25, 0.3) is 0 Å². The fraction of sp³-hybridized carbons (Fsp3) is 0.333. The Morgan fingerprint density at radius 1 is 2.00 bits per heavy atom. The molecule has 1 unspecified atom stereocenters. The molecular formula is C3H7NO2. The van der Waals surface area contributed by atoms with Crippen LogP contribution in [0.5, 0.6) is 0 Å². The average Bonchev–Trinajstić information content (AvgIpc) is 1.65. The number of hydrogen-bond acceptors (Lipinski definition) is 3. The van der Waals surface area contributed by atoms with Gasteiger partial charge in [-0.05, 0) is 6.08 Å². The van der Waals surface area contributed by atoms with E-state index in [1.807, 2.05) is 0 Å². The van der Waals surface area contributed by atoms with E-state index >= 15 is 0 Å². The van der Waals surface area contributed by atoms with E-state index < -0.39 is 6.23 Å². The fourth-order valence-corrected chi connectivity index (χ4v) is 0.0430. The summed E-state index contributed by atoms with van der Waals surface area (Å²) in [4.78, 5) is 3.56. The molecule has 1 atom stereocenters. The van der Waals surface area contributed by atoms with E-state index in [0.717, 1.165) is 0 Å². The second-order valence-electron chi connectivity index (χ2n) is 0.806. The molecule has 0 aromatic heterocycles. The first-order valence-corrected chi connectivity index (χ1v) is 1.49. The first-order valence-electron chi connectivity index (χ1n) is 1.49. The van der Waals surface area contributed by atoms with Crippen molar-refractivity contribution in [3.8, 4) is 0 Å². The van der Waals surface area contributed by atoms with Crippen molar-refractivity contribution >= 4 is 0 Å². The lowest BCUT2D eigenvalue weighted by molar-refractivity contribution is -0.264. The van der Waals surface area contributed by atoms with Gasteiger partial charge in [0.05, 0.1) is 0 Å². The molecule has 0 aliphatic heterocycles. The van der Waals surface area contributed by atoms with Crippen LogP contribution in [0.3, 0.4) is 0 Å². The van der Waals surface area contributed by atoms with Crippen molar-refractivity contribution in [3.63, 3.8) is 0 Å². The molecule has 0 saturated heterocycles. The summed E-state index contributed by atoms with van der Waals surface area (Å²) in [5.74, 6) is 0. The second kappa shape index (κ2) is 2.84. The van der Waals surface area contributed by atoms with Crippen LogP contribution in [0.4, 0.5) is 0 Å². The third-order valence-corrected chi connectivity index (χ3v) is 0.354. The van der Waals surface area contributed by atoms with Gasteiger partial charge >= 0.3 is 0 Å². The second-order valence-corrected chi connectivity index (χ2v) is 0.806. The summed E-state index contributed by atoms with van der Waals surface area (Å²) in [6.07, 6.45) is 0.532. The minimum atomic E-state index is -0.745. The maximum Gasteiger partial charge on any atom is 0.159 e. The summed E-state index contributed by atoms with van der Waals surface area (Å²) in [6.45, 7) is 3.22. The van der Waals surface area contributed by atoms with Crippen LogP contribution in [0.2, 0.25) is 0 Å². The van der Waals surface area contributed by atoms with Crippen molar-refractivity contribution in [3.05, 3.63) is 12.7 Å². The van der Waals surface area contributed by atoms with E-state index in [1.165, 1.54) is 6.08 Å². The Hall–Kier alpha value is -0.380. The fourth-order valence-electron chi connectivity index (χ4n) is 0.0430. The van der Waals surface area contributed by atoms with Crippen LogP contribution < -0.4 is 5.73 Å². The van der Waals surface area contributed by atoms with Gasteiger partial charge in [0, 0.05) is 0 Å². The summed E-state index contributed by atoms with van der Waals surface area (Å²) in [7, 11) is 0. The Balaban J connectivity index is 2.96. The summed E-state index contributed by atoms with van der Waals surface area (Å²) in [6, 6.07) is 0. The zero-order valence-electron chi connectivity index (χ0n) is 3.29. The molecule has 0 heterocycles. The van der Waals surface area contributed by atoms with Crippen molar-refractivity contribution < 1.29 is 10.1 Å². The average molecular weight is 89.1 g/mol. The SMILES string of the molecule is C=CC(N)OO. The molecule has 0 aliphatic carbocycles. The molecule has 0 aliphatic rings. The zero-order valence-corrected chi connectivity index (χ0v) is 3.29. The largest absolute Gasteiger partial charge is 0.300 e. The van der Waals surface area contributed by atoms with Crippen LogP contribution in [0, 0.1) is 0 Å². The first-order chi connectivity index (χ1) is 2.81. The summed E-state index contributed by atoms with van der Waals surface area (Å²) in [5.41, 5.74) is 4.88. The highest BCUT2D eigenvalue weighted by atomic mass is 17.1. The highest BCUT2D eigenvalue weighted by Crippen LogP contribution is 1.73. The van der Waals surface area contributed by atoms with Crippen molar-refractivity contribution in [1.82, 2.24) is 0 Å². The molecular weight excluding hydrogens is 82.0 g/mol. The van der Waals surface area contributed by atoms with Gasteiger partial charge in [0.1, 0.15) is 0 Å². The maximum atomic E-state index is 7.64. The lowest BCUT2D eigenvalue weighted by Gasteiger charge is -1.94. The van der Waals surface area contributed by atoms with Crippen LogP contribution in [0.1, 0.15) is 0 Å². The van der Waals surface area contributed by atoms with Crippen LogP contribution in [-0.2, 0) is 4.89 Å². The normalized spacial score (nSPS) is 13.7. The van der Waals surface area contributed by atoms with Gasteiger partial charge < -0.3 is 5.73 Å². The molecule has 0 bridgehead atoms. The Bertz CT molecular complexity index is 46.1. The Labute approximate surface area is 36.0 Å². The summed E-state index contributed by atoms with van der Waals surface area (Å²) in [5, 5.41) is 7.64. The van der Waals surface area contributed by atoms with Gasteiger partial charge in [0.15, 0.2) is 6.23 Å². The molecule has 3 N–H and O–H groups in total. The van der Waals surface area contributed by atoms with Crippen LogP contribution >= 0.6 is 0 Å². The topological polar surface area (TPSA) is 55.5 Å². The molecule has 0 spiro atoms. The first kappa shape index (κ1) is 5.62. The zero-order chi connectivity index (χ0) is 4.99.